The Morgan fingerprint density at radius 2 is 2.20 bits per heavy atom. The third-order valence-corrected chi connectivity index (χ3v) is 4.28. The topological polar surface area (TPSA) is 89.3 Å². The molecule has 1 aromatic carbocycles. The average molecular weight is 358 g/mol. The zero-order valence-corrected chi connectivity index (χ0v) is 14.7. The van der Waals surface area contributed by atoms with Crippen LogP contribution < -0.4 is 15.4 Å². The van der Waals surface area contributed by atoms with Crippen LogP contribution in [0.1, 0.15) is 23.2 Å². The van der Waals surface area contributed by atoms with Gasteiger partial charge in [0.2, 0.25) is 5.89 Å². The number of thiophene rings is 1. The van der Waals surface area contributed by atoms with E-state index >= 15 is 0 Å². The Labute approximate surface area is 149 Å². The van der Waals surface area contributed by atoms with Crippen LogP contribution in [0.15, 0.2) is 40.1 Å². The number of anilines is 1. The quantitative estimate of drug-likeness (QED) is 0.674. The maximum atomic E-state index is 12.4. The van der Waals surface area contributed by atoms with E-state index in [-0.39, 0.29) is 12.5 Å². The fourth-order valence-electron chi connectivity index (χ4n) is 2.27. The molecule has 8 heteroatoms. The first-order valence-corrected chi connectivity index (χ1v) is 8.65. The Balaban J connectivity index is 1.66. The van der Waals surface area contributed by atoms with Crippen LogP contribution in [0.5, 0.6) is 5.75 Å². The first kappa shape index (κ1) is 17.0. The molecule has 0 spiro atoms. The van der Waals surface area contributed by atoms with E-state index in [1.807, 2.05) is 30.5 Å². The minimum Gasteiger partial charge on any atom is -0.496 e. The van der Waals surface area contributed by atoms with E-state index in [0.717, 1.165) is 17.1 Å². The lowest BCUT2D eigenvalue weighted by Crippen LogP contribution is -2.23. The van der Waals surface area contributed by atoms with Gasteiger partial charge in [-0.3, -0.25) is 4.79 Å². The number of rotatable bonds is 7. The van der Waals surface area contributed by atoms with Crippen molar-refractivity contribution in [3.05, 3.63) is 47.2 Å². The summed E-state index contributed by atoms with van der Waals surface area (Å²) in [6.07, 6.45) is 0. The molecule has 0 aliphatic rings. The van der Waals surface area contributed by atoms with Gasteiger partial charge >= 0.3 is 0 Å². The van der Waals surface area contributed by atoms with Gasteiger partial charge in [-0.15, -0.1) is 21.5 Å². The van der Waals surface area contributed by atoms with Crippen molar-refractivity contribution in [3.8, 4) is 16.5 Å². The predicted octanol–water partition coefficient (Wildman–Crippen LogP) is 3.17. The first-order chi connectivity index (χ1) is 12.2. The first-order valence-electron chi connectivity index (χ1n) is 7.77. The van der Waals surface area contributed by atoms with Gasteiger partial charge in [0.15, 0.2) is 0 Å². The highest BCUT2D eigenvalue weighted by molar-refractivity contribution is 7.13. The number of nitrogens with zero attached hydrogens (tertiary/aromatic N) is 2. The summed E-state index contributed by atoms with van der Waals surface area (Å²) in [5.74, 6) is 1.03. The summed E-state index contributed by atoms with van der Waals surface area (Å²) in [6.45, 7) is 2.94. The Morgan fingerprint density at radius 3 is 2.92 bits per heavy atom. The number of carbonyl (C=O) groups is 1. The molecular weight excluding hydrogens is 340 g/mol. The van der Waals surface area contributed by atoms with Crippen LogP contribution in [0, 0.1) is 0 Å². The normalized spacial score (nSPS) is 10.5. The van der Waals surface area contributed by atoms with Crippen LogP contribution in [0.2, 0.25) is 0 Å². The van der Waals surface area contributed by atoms with E-state index in [0.29, 0.717) is 23.1 Å². The Hall–Kier alpha value is -2.87. The molecule has 0 fully saturated rings. The van der Waals surface area contributed by atoms with Crippen molar-refractivity contribution in [2.24, 2.45) is 0 Å². The number of carbonyl (C=O) groups excluding carboxylic acids is 1. The molecule has 0 saturated heterocycles. The van der Waals surface area contributed by atoms with Crippen molar-refractivity contribution >= 4 is 22.9 Å². The molecule has 0 saturated carbocycles. The molecule has 3 aromatic rings. The summed E-state index contributed by atoms with van der Waals surface area (Å²) in [5, 5.41) is 15.8. The van der Waals surface area contributed by atoms with Gasteiger partial charge < -0.3 is 19.8 Å². The van der Waals surface area contributed by atoms with E-state index in [1.165, 1.54) is 18.4 Å². The minimum absolute atomic E-state index is 0.148. The van der Waals surface area contributed by atoms with E-state index in [4.69, 9.17) is 9.15 Å². The molecule has 2 aromatic heterocycles. The Bertz CT molecular complexity index is 845. The highest BCUT2D eigenvalue weighted by Crippen LogP contribution is 2.24. The fraction of sp³-hybridized carbons (Fsp3) is 0.235. The molecule has 130 valence electrons. The summed E-state index contributed by atoms with van der Waals surface area (Å²) < 4.78 is 10.9. The van der Waals surface area contributed by atoms with Gasteiger partial charge in [0.25, 0.3) is 11.8 Å². The van der Waals surface area contributed by atoms with E-state index < -0.39 is 0 Å². The van der Waals surface area contributed by atoms with Crippen LogP contribution >= 0.6 is 11.3 Å². The van der Waals surface area contributed by atoms with Crippen molar-refractivity contribution in [2.75, 3.05) is 19.0 Å². The summed E-state index contributed by atoms with van der Waals surface area (Å²) in [7, 11) is 1.53. The number of methoxy groups -OCH3 is 1. The number of aromatic nitrogens is 2. The number of ether oxygens (including phenoxy) is 1. The SMILES string of the molecule is CCNc1ccc(C(=O)NCc2nnc(-c3cccs3)o2)c(OC)c1. The maximum absolute atomic E-state index is 12.4. The lowest BCUT2D eigenvalue weighted by atomic mass is 10.1. The molecule has 2 N–H and O–H groups in total. The Kier molecular flexibility index (Phi) is 5.30. The van der Waals surface area contributed by atoms with E-state index in [1.54, 1.807) is 12.1 Å². The molecule has 0 aliphatic heterocycles. The number of amides is 1. The molecule has 0 aliphatic carbocycles. The lowest BCUT2D eigenvalue weighted by Gasteiger charge is -2.11. The maximum Gasteiger partial charge on any atom is 0.257 e. The summed E-state index contributed by atoms with van der Waals surface area (Å²) in [6, 6.07) is 9.16. The molecule has 25 heavy (non-hydrogen) atoms. The number of hydrogen-bond acceptors (Lipinski definition) is 7. The van der Waals surface area contributed by atoms with Gasteiger partial charge in [0.1, 0.15) is 5.75 Å². The summed E-state index contributed by atoms with van der Waals surface area (Å²) >= 11 is 1.51. The predicted molar refractivity (Wildman–Crippen MR) is 95.9 cm³/mol. The third kappa shape index (κ3) is 3.97. The molecule has 0 bridgehead atoms. The summed E-state index contributed by atoms with van der Waals surface area (Å²) in [5.41, 5.74) is 1.34. The Morgan fingerprint density at radius 1 is 1.32 bits per heavy atom. The molecule has 2 heterocycles. The molecule has 0 radical (unpaired) electrons. The van der Waals surface area contributed by atoms with Crippen molar-refractivity contribution in [3.63, 3.8) is 0 Å². The monoisotopic (exact) mass is 358 g/mol. The smallest absolute Gasteiger partial charge is 0.257 e. The second-order valence-corrected chi connectivity index (χ2v) is 6.05. The second kappa shape index (κ2) is 7.80. The molecule has 0 atom stereocenters. The van der Waals surface area contributed by atoms with Crippen molar-refractivity contribution in [1.29, 1.82) is 0 Å². The lowest BCUT2D eigenvalue weighted by molar-refractivity contribution is 0.0944. The van der Waals surface area contributed by atoms with Crippen molar-refractivity contribution in [1.82, 2.24) is 15.5 Å². The average Bonchev–Trinajstić information content (AvgIpc) is 3.31. The summed E-state index contributed by atoms with van der Waals surface area (Å²) in [4.78, 5) is 13.3. The molecule has 0 unspecified atom stereocenters. The van der Waals surface area contributed by atoms with Crippen LogP contribution in [-0.4, -0.2) is 29.8 Å². The van der Waals surface area contributed by atoms with Crippen LogP contribution in [0.25, 0.3) is 10.8 Å². The van der Waals surface area contributed by atoms with Crippen molar-refractivity contribution in [2.45, 2.75) is 13.5 Å². The van der Waals surface area contributed by atoms with Crippen LogP contribution in [0.4, 0.5) is 5.69 Å². The second-order valence-electron chi connectivity index (χ2n) is 5.11. The third-order valence-electron chi connectivity index (χ3n) is 3.43. The number of benzene rings is 1. The van der Waals surface area contributed by atoms with Crippen molar-refractivity contribution < 1.29 is 13.9 Å². The molecule has 7 nitrogen and oxygen atoms in total. The van der Waals surface area contributed by atoms with E-state index in [2.05, 4.69) is 20.8 Å². The standard InChI is InChI=1S/C17H18N4O3S/c1-3-18-11-6-7-12(13(9-11)23-2)16(22)19-10-15-20-21-17(24-15)14-5-4-8-25-14/h4-9,18H,3,10H2,1-2H3,(H,19,22). The zero-order chi connectivity index (χ0) is 17.6. The van der Waals surface area contributed by atoms with Gasteiger partial charge in [-0.05, 0) is 30.5 Å². The molecule has 1 amide bonds. The molecular formula is C17H18N4O3S. The van der Waals surface area contributed by atoms with Gasteiger partial charge in [0.05, 0.1) is 24.1 Å². The fourth-order valence-corrected chi connectivity index (χ4v) is 2.91. The highest BCUT2D eigenvalue weighted by atomic mass is 32.1. The molecule has 3 rings (SSSR count). The van der Waals surface area contributed by atoms with Gasteiger partial charge in [0, 0.05) is 18.3 Å². The minimum atomic E-state index is -0.268. The zero-order valence-electron chi connectivity index (χ0n) is 13.9. The largest absolute Gasteiger partial charge is 0.496 e. The van der Waals surface area contributed by atoms with Crippen LogP contribution in [0.3, 0.4) is 0 Å². The van der Waals surface area contributed by atoms with Crippen LogP contribution in [-0.2, 0) is 6.54 Å². The number of hydrogen-bond donors (Lipinski definition) is 2. The van der Waals surface area contributed by atoms with E-state index in [9.17, 15) is 4.79 Å². The highest BCUT2D eigenvalue weighted by Gasteiger charge is 2.15. The van der Waals surface area contributed by atoms with Gasteiger partial charge in [-0.25, -0.2) is 0 Å². The number of nitrogens with one attached hydrogen (secondary N) is 2. The van der Waals surface area contributed by atoms with Gasteiger partial charge in [-0.2, -0.15) is 0 Å². The van der Waals surface area contributed by atoms with Gasteiger partial charge in [-0.1, -0.05) is 6.07 Å².